The molecule has 4 heteroatoms. The van der Waals surface area contributed by atoms with Crippen molar-refractivity contribution >= 4 is 5.78 Å². The van der Waals surface area contributed by atoms with Gasteiger partial charge in [0.05, 0.1) is 6.20 Å². The quantitative estimate of drug-likeness (QED) is 0.773. The van der Waals surface area contributed by atoms with Crippen molar-refractivity contribution in [2.24, 2.45) is 5.41 Å². The van der Waals surface area contributed by atoms with E-state index in [9.17, 15) is 4.79 Å². The van der Waals surface area contributed by atoms with E-state index in [1.807, 2.05) is 0 Å². The topological polar surface area (TPSA) is 55.0 Å². The van der Waals surface area contributed by atoms with Gasteiger partial charge in [0, 0.05) is 12.5 Å². The lowest BCUT2D eigenvalue weighted by Gasteiger charge is -2.06. The Morgan fingerprint density at radius 3 is 3.07 bits per heavy atom. The van der Waals surface area contributed by atoms with Crippen molar-refractivity contribution in [3.8, 4) is 5.88 Å². The van der Waals surface area contributed by atoms with Crippen LogP contribution in [0.1, 0.15) is 26.2 Å². The number of Topliss-reactive ketones (excluding diaryl/α,β-unsaturated/α-hetero) is 1. The Labute approximate surface area is 82.7 Å². The first-order chi connectivity index (χ1) is 6.68. The summed E-state index contributed by atoms with van der Waals surface area (Å²) in [6.45, 7) is 2.29. The van der Waals surface area contributed by atoms with Crippen LogP contribution in [0.5, 0.6) is 5.88 Å². The molecule has 1 N–H and O–H groups in total. The molecule has 76 valence electrons. The molecule has 0 aromatic carbocycles. The Kier molecular flexibility index (Phi) is 2.27. The number of aromatic nitrogens is 2. The summed E-state index contributed by atoms with van der Waals surface area (Å²) in [6, 6.07) is 1.70. The summed E-state index contributed by atoms with van der Waals surface area (Å²) in [5, 5.41) is 6.37. The van der Waals surface area contributed by atoms with Crippen molar-refractivity contribution in [2.45, 2.75) is 26.2 Å². The SMILES string of the molecule is CC1(CC(=O)COc2ccn[nH]2)CC1. The van der Waals surface area contributed by atoms with E-state index in [1.165, 1.54) is 12.8 Å². The molecule has 0 radical (unpaired) electrons. The third-order valence-electron chi connectivity index (χ3n) is 2.59. The Morgan fingerprint density at radius 2 is 2.50 bits per heavy atom. The second-order valence-electron chi connectivity index (χ2n) is 4.24. The van der Waals surface area contributed by atoms with Crippen molar-refractivity contribution in [3.05, 3.63) is 12.3 Å². The van der Waals surface area contributed by atoms with Gasteiger partial charge in [-0.1, -0.05) is 6.92 Å². The predicted molar refractivity (Wildman–Crippen MR) is 51.0 cm³/mol. The third kappa shape index (κ3) is 2.34. The minimum Gasteiger partial charge on any atom is -0.470 e. The van der Waals surface area contributed by atoms with Gasteiger partial charge in [0.15, 0.2) is 5.78 Å². The maximum absolute atomic E-state index is 11.4. The molecule has 0 bridgehead atoms. The molecule has 1 aromatic heterocycles. The summed E-state index contributed by atoms with van der Waals surface area (Å²) in [4.78, 5) is 11.4. The fraction of sp³-hybridized carbons (Fsp3) is 0.600. The first-order valence-corrected chi connectivity index (χ1v) is 4.82. The standard InChI is InChI=1S/C10H14N2O2/c1-10(3-4-10)6-8(13)7-14-9-2-5-11-12-9/h2,5H,3-4,6-7H2,1H3,(H,11,12). The number of ether oxygens (including phenoxy) is 1. The first kappa shape index (κ1) is 9.24. The second kappa shape index (κ2) is 3.44. The molecule has 1 aromatic rings. The van der Waals surface area contributed by atoms with E-state index in [2.05, 4.69) is 17.1 Å². The Morgan fingerprint density at radius 1 is 1.71 bits per heavy atom. The zero-order chi connectivity index (χ0) is 10.0. The van der Waals surface area contributed by atoms with Crippen LogP contribution in [0.4, 0.5) is 0 Å². The number of H-pyrrole nitrogens is 1. The van der Waals surface area contributed by atoms with Gasteiger partial charge in [0.25, 0.3) is 0 Å². The summed E-state index contributed by atoms with van der Waals surface area (Å²) in [7, 11) is 0. The van der Waals surface area contributed by atoms with E-state index in [-0.39, 0.29) is 17.8 Å². The number of carbonyl (C=O) groups is 1. The molecule has 0 unspecified atom stereocenters. The van der Waals surface area contributed by atoms with E-state index < -0.39 is 0 Å². The monoisotopic (exact) mass is 194 g/mol. The minimum atomic E-state index is 0.151. The van der Waals surface area contributed by atoms with Gasteiger partial charge in [-0.05, 0) is 18.3 Å². The number of carbonyl (C=O) groups excluding carboxylic acids is 1. The van der Waals surface area contributed by atoms with Crippen LogP contribution in [0, 0.1) is 5.41 Å². The third-order valence-corrected chi connectivity index (χ3v) is 2.59. The molecule has 0 atom stereocenters. The van der Waals surface area contributed by atoms with Gasteiger partial charge in [0.2, 0.25) is 5.88 Å². The first-order valence-electron chi connectivity index (χ1n) is 4.82. The van der Waals surface area contributed by atoms with Gasteiger partial charge >= 0.3 is 0 Å². The van der Waals surface area contributed by atoms with Gasteiger partial charge < -0.3 is 4.74 Å². The van der Waals surface area contributed by atoms with Gasteiger partial charge in [-0.25, -0.2) is 5.10 Å². The lowest BCUT2D eigenvalue weighted by atomic mass is 10.0. The largest absolute Gasteiger partial charge is 0.470 e. The maximum atomic E-state index is 11.4. The zero-order valence-electron chi connectivity index (χ0n) is 8.25. The molecular weight excluding hydrogens is 180 g/mol. The number of hydrogen-bond donors (Lipinski definition) is 1. The predicted octanol–water partition coefficient (Wildman–Crippen LogP) is 1.55. The van der Waals surface area contributed by atoms with Crippen LogP contribution in [-0.2, 0) is 4.79 Å². The fourth-order valence-electron chi connectivity index (χ4n) is 1.40. The van der Waals surface area contributed by atoms with Crippen LogP contribution in [0.15, 0.2) is 12.3 Å². The van der Waals surface area contributed by atoms with Gasteiger partial charge in [-0.3, -0.25) is 4.79 Å². The molecule has 14 heavy (non-hydrogen) atoms. The molecule has 0 spiro atoms. The van der Waals surface area contributed by atoms with Crippen LogP contribution < -0.4 is 4.74 Å². The van der Waals surface area contributed by atoms with Crippen molar-refractivity contribution in [1.82, 2.24) is 10.2 Å². The molecule has 1 aliphatic carbocycles. The summed E-state index contributed by atoms with van der Waals surface area (Å²) >= 11 is 0. The maximum Gasteiger partial charge on any atom is 0.209 e. The lowest BCUT2D eigenvalue weighted by molar-refractivity contribution is -0.122. The van der Waals surface area contributed by atoms with Crippen LogP contribution in [0.25, 0.3) is 0 Å². The average molecular weight is 194 g/mol. The molecule has 0 amide bonds. The van der Waals surface area contributed by atoms with Crippen molar-refractivity contribution < 1.29 is 9.53 Å². The molecule has 2 rings (SSSR count). The van der Waals surface area contributed by atoms with E-state index in [0.29, 0.717) is 12.3 Å². The molecule has 1 saturated carbocycles. The Bertz CT molecular complexity index is 315. The van der Waals surface area contributed by atoms with Crippen LogP contribution >= 0.6 is 0 Å². The highest BCUT2D eigenvalue weighted by Crippen LogP contribution is 2.48. The van der Waals surface area contributed by atoms with Crippen molar-refractivity contribution in [1.29, 1.82) is 0 Å². The van der Waals surface area contributed by atoms with Gasteiger partial charge in [-0.15, -0.1) is 0 Å². The molecule has 4 nitrogen and oxygen atoms in total. The summed E-state index contributed by atoms with van der Waals surface area (Å²) in [6.07, 6.45) is 4.58. The van der Waals surface area contributed by atoms with Crippen LogP contribution in [-0.4, -0.2) is 22.6 Å². The molecule has 0 saturated heterocycles. The smallest absolute Gasteiger partial charge is 0.209 e. The zero-order valence-corrected chi connectivity index (χ0v) is 8.25. The van der Waals surface area contributed by atoms with Crippen molar-refractivity contribution in [2.75, 3.05) is 6.61 Å². The summed E-state index contributed by atoms with van der Waals surface area (Å²) < 4.78 is 5.21. The average Bonchev–Trinajstić information content (AvgIpc) is 2.70. The number of nitrogens with one attached hydrogen (secondary N) is 1. The highest BCUT2D eigenvalue weighted by molar-refractivity contribution is 5.80. The molecule has 0 aliphatic heterocycles. The van der Waals surface area contributed by atoms with Gasteiger partial charge in [-0.2, -0.15) is 5.10 Å². The lowest BCUT2D eigenvalue weighted by Crippen LogP contribution is -2.15. The van der Waals surface area contributed by atoms with E-state index in [0.717, 1.165) is 0 Å². The molecule has 1 aliphatic rings. The summed E-state index contributed by atoms with van der Waals surface area (Å²) in [5.74, 6) is 0.721. The molecule has 1 heterocycles. The van der Waals surface area contributed by atoms with Crippen LogP contribution in [0.3, 0.4) is 0 Å². The van der Waals surface area contributed by atoms with Gasteiger partial charge in [0.1, 0.15) is 6.61 Å². The van der Waals surface area contributed by atoms with E-state index in [1.54, 1.807) is 12.3 Å². The highest BCUT2D eigenvalue weighted by atomic mass is 16.5. The highest BCUT2D eigenvalue weighted by Gasteiger charge is 2.38. The van der Waals surface area contributed by atoms with Crippen LogP contribution in [0.2, 0.25) is 0 Å². The Balaban J connectivity index is 1.73. The number of rotatable bonds is 5. The number of ketones is 1. The number of nitrogens with zero attached hydrogens (tertiary/aromatic N) is 1. The fourth-order valence-corrected chi connectivity index (χ4v) is 1.40. The number of aromatic amines is 1. The second-order valence-corrected chi connectivity index (χ2v) is 4.24. The van der Waals surface area contributed by atoms with E-state index >= 15 is 0 Å². The molecule has 1 fully saturated rings. The van der Waals surface area contributed by atoms with Crippen molar-refractivity contribution in [3.63, 3.8) is 0 Å². The summed E-state index contributed by atoms with van der Waals surface area (Å²) in [5.41, 5.74) is 0.272. The number of hydrogen-bond acceptors (Lipinski definition) is 3. The minimum absolute atomic E-state index is 0.151. The van der Waals surface area contributed by atoms with E-state index in [4.69, 9.17) is 4.74 Å². The normalized spacial score (nSPS) is 17.8. The molecular formula is C10H14N2O2. The Hall–Kier alpha value is -1.32.